The van der Waals surface area contributed by atoms with Crippen LogP contribution in [-0.2, 0) is 38.4 Å². The summed E-state index contributed by atoms with van der Waals surface area (Å²) in [6.07, 6.45) is 4.64. The number of nitrogens with two attached hydrogens (primary N) is 1. The van der Waals surface area contributed by atoms with Crippen molar-refractivity contribution >= 4 is 47.2 Å². The van der Waals surface area contributed by atoms with Crippen molar-refractivity contribution in [1.29, 1.82) is 0 Å². The molecule has 0 aliphatic rings. The number of nitrogens with zero attached hydrogens (tertiary/aromatic N) is 1. The van der Waals surface area contributed by atoms with Gasteiger partial charge in [-0.05, 0) is 29.3 Å². The molecular weight excluding hydrogens is 574 g/mol. The van der Waals surface area contributed by atoms with E-state index in [4.69, 9.17) is 5.73 Å². The van der Waals surface area contributed by atoms with Gasteiger partial charge in [0, 0.05) is 54.0 Å². The summed E-state index contributed by atoms with van der Waals surface area (Å²) in [6, 6.07) is 8.73. The number of benzene rings is 2. The molecule has 2 heterocycles. The van der Waals surface area contributed by atoms with Crippen molar-refractivity contribution in [2.75, 3.05) is 5.75 Å². The molecule has 4 atom stereocenters. The summed E-state index contributed by atoms with van der Waals surface area (Å²) in [5, 5.41) is 28.1. The molecule has 3 amide bonds. The Hall–Kier alpha value is -4.82. The Kier molecular flexibility index (Phi) is 10.4. The number of aromatic amines is 2. The lowest BCUT2D eigenvalue weighted by molar-refractivity contribution is -0.142. The molecule has 9 N–H and O–H groups in total. The first-order chi connectivity index (χ1) is 20.6. The molecule has 0 saturated carbocycles. The van der Waals surface area contributed by atoms with Crippen LogP contribution in [0.3, 0.4) is 0 Å². The maximum Gasteiger partial charge on any atom is 0.326 e. The molecule has 0 spiro atoms. The van der Waals surface area contributed by atoms with Crippen molar-refractivity contribution in [3.63, 3.8) is 0 Å². The number of imidazole rings is 1. The van der Waals surface area contributed by atoms with Crippen LogP contribution >= 0.6 is 12.6 Å². The molecule has 0 aliphatic heterocycles. The zero-order valence-electron chi connectivity index (χ0n) is 23.0. The van der Waals surface area contributed by atoms with Crippen LogP contribution in [0.4, 0.5) is 0 Å². The van der Waals surface area contributed by atoms with Crippen LogP contribution in [0.15, 0.2) is 67.3 Å². The quantitative estimate of drug-likeness (QED) is 0.0914. The molecular formula is C29H33N7O6S. The SMILES string of the molecule is NC(CS)C(=O)NC(Cc1cnc[nH]1)C(=O)NC(Cc1c[nH]c2ccccc12)C(=O)NC(Cc1ccc(O)cc1)C(=O)O. The number of amides is 3. The van der Waals surface area contributed by atoms with Gasteiger partial charge >= 0.3 is 5.97 Å². The molecule has 0 bridgehead atoms. The number of thiol groups is 1. The lowest BCUT2D eigenvalue weighted by Gasteiger charge is -2.25. The highest BCUT2D eigenvalue weighted by Crippen LogP contribution is 2.20. The number of aliphatic carboxylic acids is 1. The van der Waals surface area contributed by atoms with Gasteiger partial charge < -0.3 is 41.9 Å². The smallest absolute Gasteiger partial charge is 0.326 e. The molecule has 226 valence electrons. The number of phenolic OH excluding ortho intramolecular Hbond substituents is 1. The third kappa shape index (κ3) is 8.36. The largest absolute Gasteiger partial charge is 0.508 e. The molecule has 4 aromatic rings. The molecule has 0 fully saturated rings. The van der Waals surface area contributed by atoms with Gasteiger partial charge in [-0.2, -0.15) is 12.6 Å². The Balaban J connectivity index is 1.59. The number of carbonyl (C=O) groups is 4. The number of nitrogens with one attached hydrogen (secondary N) is 5. The average Bonchev–Trinajstić information content (AvgIpc) is 3.66. The van der Waals surface area contributed by atoms with Gasteiger partial charge in [0.15, 0.2) is 0 Å². The lowest BCUT2D eigenvalue weighted by Crippen LogP contribution is -2.58. The van der Waals surface area contributed by atoms with E-state index in [0.29, 0.717) is 16.8 Å². The number of fused-ring (bicyclic) bond motifs is 1. The monoisotopic (exact) mass is 607 g/mol. The fourth-order valence-corrected chi connectivity index (χ4v) is 4.70. The summed E-state index contributed by atoms with van der Waals surface area (Å²) in [4.78, 5) is 61.9. The molecule has 14 heteroatoms. The molecule has 4 rings (SSSR count). The van der Waals surface area contributed by atoms with E-state index in [1.165, 1.54) is 24.7 Å². The number of H-pyrrole nitrogens is 2. The van der Waals surface area contributed by atoms with Gasteiger partial charge in [0.05, 0.1) is 12.4 Å². The van der Waals surface area contributed by atoms with Gasteiger partial charge in [-0.25, -0.2) is 9.78 Å². The van der Waals surface area contributed by atoms with Crippen LogP contribution in [0.1, 0.15) is 16.8 Å². The molecule has 0 saturated heterocycles. The third-order valence-electron chi connectivity index (χ3n) is 6.87. The average molecular weight is 608 g/mol. The van der Waals surface area contributed by atoms with Gasteiger partial charge in [0.1, 0.15) is 23.9 Å². The number of hydrogen-bond acceptors (Lipinski definition) is 8. The summed E-state index contributed by atoms with van der Waals surface area (Å²) in [5.74, 6) is -3.22. The number of aromatic hydroxyl groups is 1. The second-order valence-electron chi connectivity index (χ2n) is 10.0. The van der Waals surface area contributed by atoms with Crippen molar-refractivity contribution < 1.29 is 29.4 Å². The molecule has 2 aromatic carbocycles. The summed E-state index contributed by atoms with van der Waals surface area (Å²) in [6.45, 7) is 0. The Bertz CT molecular complexity index is 1560. The van der Waals surface area contributed by atoms with Gasteiger partial charge in [-0.3, -0.25) is 14.4 Å². The minimum atomic E-state index is -1.33. The van der Waals surface area contributed by atoms with E-state index in [-0.39, 0.29) is 30.8 Å². The number of rotatable bonds is 14. The predicted octanol–water partition coefficient (Wildman–Crippen LogP) is 0.421. The zero-order chi connectivity index (χ0) is 30.9. The molecule has 13 nitrogen and oxygen atoms in total. The Morgan fingerprint density at radius 3 is 2.16 bits per heavy atom. The number of carbonyl (C=O) groups excluding carboxylic acids is 3. The summed E-state index contributed by atoms with van der Waals surface area (Å²) >= 11 is 4.05. The minimum Gasteiger partial charge on any atom is -0.508 e. The minimum absolute atomic E-state index is 0.0215. The third-order valence-corrected chi connectivity index (χ3v) is 7.26. The standard InChI is InChI=1S/C29H33N7O6S/c30-21(14-43)26(38)34-24(11-18-13-31-15-33-18)28(40)35-23(10-17-12-32-22-4-2-1-3-20(17)22)27(39)36-25(29(41)42)9-16-5-7-19(37)8-6-16/h1-8,12-13,15,21,23-25,32,37,43H,9-11,14,30H2,(H,31,33)(H,34,38)(H,35,40)(H,36,39)(H,41,42). The molecule has 43 heavy (non-hydrogen) atoms. The van der Waals surface area contributed by atoms with E-state index in [2.05, 4.69) is 43.5 Å². The zero-order valence-corrected chi connectivity index (χ0v) is 23.9. The Morgan fingerprint density at radius 1 is 0.860 bits per heavy atom. The molecule has 4 unspecified atom stereocenters. The van der Waals surface area contributed by atoms with E-state index in [1.54, 1.807) is 18.3 Å². The normalized spacial score (nSPS) is 13.9. The van der Waals surface area contributed by atoms with E-state index < -0.39 is 47.9 Å². The fraction of sp³-hybridized carbons (Fsp3) is 0.276. The van der Waals surface area contributed by atoms with Crippen LogP contribution in [0, 0.1) is 0 Å². The maximum absolute atomic E-state index is 13.6. The van der Waals surface area contributed by atoms with Crippen molar-refractivity contribution in [3.05, 3.63) is 84.1 Å². The topological polar surface area (TPSA) is 215 Å². The van der Waals surface area contributed by atoms with E-state index >= 15 is 0 Å². The number of aromatic nitrogens is 3. The van der Waals surface area contributed by atoms with Gasteiger partial charge in [0.2, 0.25) is 17.7 Å². The second-order valence-corrected chi connectivity index (χ2v) is 10.4. The molecule has 0 aliphatic carbocycles. The predicted molar refractivity (Wildman–Crippen MR) is 161 cm³/mol. The lowest BCUT2D eigenvalue weighted by atomic mass is 10.0. The van der Waals surface area contributed by atoms with Gasteiger partial charge in [-0.15, -0.1) is 0 Å². The second kappa shape index (κ2) is 14.4. The van der Waals surface area contributed by atoms with Crippen LogP contribution in [0.5, 0.6) is 5.75 Å². The van der Waals surface area contributed by atoms with Crippen LogP contribution < -0.4 is 21.7 Å². The Morgan fingerprint density at radius 2 is 1.51 bits per heavy atom. The first kappa shape index (κ1) is 31.1. The highest BCUT2D eigenvalue weighted by Gasteiger charge is 2.31. The molecule has 2 aromatic heterocycles. The van der Waals surface area contributed by atoms with Gasteiger partial charge in [-0.1, -0.05) is 30.3 Å². The van der Waals surface area contributed by atoms with E-state index in [0.717, 1.165) is 10.9 Å². The highest BCUT2D eigenvalue weighted by atomic mass is 32.1. The first-order valence-electron chi connectivity index (χ1n) is 13.4. The van der Waals surface area contributed by atoms with Crippen LogP contribution in [0.2, 0.25) is 0 Å². The number of phenols is 1. The number of hydrogen-bond donors (Lipinski definition) is 9. The molecule has 0 radical (unpaired) electrons. The van der Waals surface area contributed by atoms with E-state index in [9.17, 15) is 29.4 Å². The summed E-state index contributed by atoms with van der Waals surface area (Å²) in [5.41, 5.74) is 8.47. The van der Waals surface area contributed by atoms with Crippen molar-refractivity contribution in [3.8, 4) is 5.75 Å². The fourth-order valence-electron chi connectivity index (χ4n) is 4.53. The van der Waals surface area contributed by atoms with Crippen LogP contribution in [0.25, 0.3) is 10.9 Å². The highest BCUT2D eigenvalue weighted by molar-refractivity contribution is 7.80. The number of carboxylic acids is 1. The Labute approximate surface area is 252 Å². The maximum atomic E-state index is 13.6. The van der Waals surface area contributed by atoms with Crippen LogP contribution in [-0.4, -0.2) is 78.8 Å². The van der Waals surface area contributed by atoms with Crippen molar-refractivity contribution in [2.24, 2.45) is 5.73 Å². The van der Waals surface area contributed by atoms with Crippen molar-refractivity contribution in [1.82, 2.24) is 30.9 Å². The number of para-hydroxylation sites is 1. The van der Waals surface area contributed by atoms with E-state index in [1.807, 2.05) is 24.3 Å². The summed E-state index contributed by atoms with van der Waals surface area (Å²) in [7, 11) is 0. The summed E-state index contributed by atoms with van der Waals surface area (Å²) < 4.78 is 0. The number of carboxylic acid groups (broad SMARTS) is 1. The van der Waals surface area contributed by atoms with Crippen molar-refractivity contribution in [2.45, 2.75) is 43.4 Å². The van der Waals surface area contributed by atoms with Gasteiger partial charge in [0.25, 0.3) is 0 Å². The first-order valence-corrected chi connectivity index (χ1v) is 14.1.